The van der Waals surface area contributed by atoms with E-state index >= 15 is 0 Å². The molecule has 1 aromatic heterocycles. The Kier molecular flexibility index (Phi) is 6.63. The van der Waals surface area contributed by atoms with Crippen molar-refractivity contribution in [1.29, 1.82) is 0 Å². The summed E-state index contributed by atoms with van der Waals surface area (Å²) in [5.74, 6) is 2.27. The lowest BCUT2D eigenvalue weighted by Crippen LogP contribution is -2.29. The first kappa shape index (κ1) is 22.4. The second kappa shape index (κ2) is 9.77. The van der Waals surface area contributed by atoms with Crippen LogP contribution in [0.2, 0.25) is 0 Å². The smallest absolute Gasteiger partial charge is 0.251 e. The summed E-state index contributed by atoms with van der Waals surface area (Å²) in [7, 11) is 1.60. The maximum Gasteiger partial charge on any atom is 0.251 e. The van der Waals surface area contributed by atoms with Gasteiger partial charge < -0.3 is 19.4 Å². The van der Waals surface area contributed by atoms with Crippen LogP contribution in [0.1, 0.15) is 40.3 Å². The molecule has 1 amide bonds. The number of imidazole rings is 1. The molecule has 0 bridgehead atoms. The molecule has 0 saturated carbocycles. The lowest BCUT2D eigenvalue weighted by molar-refractivity contribution is 0.0937. The first-order chi connectivity index (χ1) is 16.0. The average Bonchev–Trinajstić information content (AvgIpc) is 3.20. The molecular weight excluding hydrogens is 414 g/mol. The fourth-order valence-electron chi connectivity index (χ4n) is 4.01. The summed E-state index contributed by atoms with van der Waals surface area (Å²) in [4.78, 5) is 17.6. The Bertz CT molecular complexity index is 1240. The first-order valence-corrected chi connectivity index (χ1v) is 11.1. The van der Waals surface area contributed by atoms with E-state index in [1.807, 2.05) is 37.3 Å². The molecule has 1 heterocycles. The Morgan fingerprint density at radius 3 is 2.39 bits per heavy atom. The molecule has 0 aliphatic rings. The van der Waals surface area contributed by atoms with Gasteiger partial charge in [-0.15, -0.1) is 0 Å². The zero-order chi connectivity index (χ0) is 23.4. The van der Waals surface area contributed by atoms with E-state index in [1.54, 1.807) is 31.4 Å². The van der Waals surface area contributed by atoms with Crippen molar-refractivity contribution in [2.45, 2.75) is 33.4 Å². The van der Waals surface area contributed by atoms with Gasteiger partial charge in [0.2, 0.25) is 0 Å². The minimum Gasteiger partial charge on any atom is -0.497 e. The second-order valence-corrected chi connectivity index (χ2v) is 8.10. The van der Waals surface area contributed by atoms with Gasteiger partial charge in [0.1, 0.15) is 23.9 Å². The van der Waals surface area contributed by atoms with Crippen molar-refractivity contribution in [1.82, 2.24) is 14.9 Å². The minimum absolute atomic E-state index is 0.157. The van der Waals surface area contributed by atoms with E-state index in [9.17, 15) is 4.79 Å². The predicted molar refractivity (Wildman–Crippen MR) is 130 cm³/mol. The number of benzene rings is 3. The van der Waals surface area contributed by atoms with Crippen LogP contribution in [-0.4, -0.2) is 29.2 Å². The van der Waals surface area contributed by atoms with Crippen LogP contribution in [-0.2, 0) is 6.54 Å². The summed E-state index contributed by atoms with van der Waals surface area (Å²) in [6.07, 6.45) is 0. The van der Waals surface area contributed by atoms with Crippen LogP contribution in [0.4, 0.5) is 0 Å². The van der Waals surface area contributed by atoms with Crippen LogP contribution in [0.3, 0.4) is 0 Å². The van der Waals surface area contributed by atoms with E-state index in [1.165, 1.54) is 0 Å². The number of carbonyl (C=O) groups excluding carboxylic acids is 1. The highest BCUT2D eigenvalue weighted by atomic mass is 16.5. The molecule has 1 atom stereocenters. The Morgan fingerprint density at radius 1 is 1.00 bits per heavy atom. The Labute approximate surface area is 194 Å². The van der Waals surface area contributed by atoms with Gasteiger partial charge in [-0.05, 0) is 68.3 Å². The fourth-order valence-corrected chi connectivity index (χ4v) is 4.01. The van der Waals surface area contributed by atoms with E-state index in [2.05, 4.69) is 35.9 Å². The summed E-state index contributed by atoms with van der Waals surface area (Å²) in [6.45, 7) is 7.17. The van der Waals surface area contributed by atoms with E-state index in [0.29, 0.717) is 24.5 Å². The van der Waals surface area contributed by atoms with Gasteiger partial charge in [-0.2, -0.15) is 0 Å². The van der Waals surface area contributed by atoms with Crippen molar-refractivity contribution in [2.24, 2.45) is 0 Å². The molecule has 6 nitrogen and oxygen atoms in total. The minimum atomic E-state index is -0.285. The number of aryl methyl sites for hydroxylation is 2. The van der Waals surface area contributed by atoms with Gasteiger partial charge in [0, 0.05) is 5.56 Å². The molecule has 170 valence electrons. The number of para-hydroxylation sites is 3. The van der Waals surface area contributed by atoms with Gasteiger partial charge in [-0.25, -0.2) is 4.98 Å². The van der Waals surface area contributed by atoms with E-state index in [0.717, 1.165) is 33.7 Å². The normalized spacial score (nSPS) is 11.9. The van der Waals surface area contributed by atoms with Gasteiger partial charge in [0.05, 0.1) is 30.7 Å². The summed E-state index contributed by atoms with van der Waals surface area (Å²) >= 11 is 0. The van der Waals surface area contributed by atoms with Crippen molar-refractivity contribution >= 4 is 16.9 Å². The molecule has 3 aromatic carbocycles. The van der Waals surface area contributed by atoms with Crippen molar-refractivity contribution in [3.8, 4) is 11.5 Å². The lowest BCUT2D eigenvalue weighted by atomic mass is 10.1. The maximum absolute atomic E-state index is 12.8. The van der Waals surface area contributed by atoms with Crippen LogP contribution in [0.15, 0.2) is 66.7 Å². The molecule has 0 aliphatic carbocycles. The van der Waals surface area contributed by atoms with Gasteiger partial charge in [-0.1, -0.05) is 30.3 Å². The molecule has 0 saturated heterocycles. The van der Waals surface area contributed by atoms with Crippen molar-refractivity contribution in [3.63, 3.8) is 0 Å². The van der Waals surface area contributed by atoms with Crippen LogP contribution in [0.25, 0.3) is 11.0 Å². The maximum atomic E-state index is 12.8. The number of amides is 1. The number of aromatic nitrogens is 2. The van der Waals surface area contributed by atoms with E-state index in [4.69, 9.17) is 14.5 Å². The quantitative estimate of drug-likeness (QED) is 0.405. The molecule has 6 heteroatoms. The van der Waals surface area contributed by atoms with Crippen molar-refractivity contribution < 1.29 is 14.3 Å². The van der Waals surface area contributed by atoms with Crippen molar-refractivity contribution in [3.05, 3.63) is 89.2 Å². The van der Waals surface area contributed by atoms with Crippen molar-refractivity contribution in [2.75, 3.05) is 13.7 Å². The number of methoxy groups -OCH3 is 1. The number of carbonyl (C=O) groups is 1. The zero-order valence-corrected chi connectivity index (χ0v) is 19.5. The third-order valence-corrected chi connectivity index (χ3v) is 5.74. The van der Waals surface area contributed by atoms with Crippen LogP contribution in [0.5, 0.6) is 11.5 Å². The monoisotopic (exact) mass is 443 g/mol. The van der Waals surface area contributed by atoms with Gasteiger partial charge in [0.15, 0.2) is 0 Å². The summed E-state index contributed by atoms with van der Waals surface area (Å²) in [5, 5.41) is 3.07. The molecule has 4 aromatic rings. The number of fused-ring (bicyclic) bond motifs is 1. The predicted octanol–water partition coefficient (Wildman–Crippen LogP) is 5.23. The lowest BCUT2D eigenvalue weighted by Gasteiger charge is -2.18. The molecule has 0 fully saturated rings. The largest absolute Gasteiger partial charge is 0.497 e. The highest BCUT2D eigenvalue weighted by Gasteiger charge is 2.19. The molecule has 0 radical (unpaired) electrons. The van der Waals surface area contributed by atoms with E-state index < -0.39 is 0 Å². The van der Waals surface area contributed by atoms with Gasteiger partial charge >= 0.3 is 0 Å². The Hall–Kier alpha value is -3.80. The number of nitrogens with zero attached hydrogens (tertiary/aromatic N) is 2. The third kappa shape index (κ3) is 4.85. The average molecular weight is 444 g/mol. The molecule has 4 rings (SSSR count). The molecule has 33 heavy (non-hydrogen) atoms. The molecule has 0 aliphatic heterocycles. The highest BCUT2D eigenvalue weighted by molar-refractivity contribution is 5.94. The SMILES string of the molecule is COc1ccc(C(=O)NC(C)c2nc3ccccc3n2CCOc2c(C)cccc2C)cc1. The van der Waals surface area contributed by atoms with Crippen LogP contribution < -0.4 is 14.8 Å². The fraction of sp³-hybridized carbons (Fsp3) is 0.259. The van der Waals surface area contributed by atoms with Gasteiger partial charge in [-0.3, -0.25) is 4.79 Å². The topological polar surface area (TPSA) is 65.4 Å². The van der Waals surface area contributed by atoms with Crippen LogP contribution >= 0.6 is 0 Å². The standard InChI is InChI=1S/C27H29N3O3/c1-18-8-7-9-19(2)25(18)33-17-16-30-24-11-6-5-10-23(24)29-26(30)20(3)28-27(31)21-12-14-22(32-4)15-13-21/h5-15,20H,16-17H2,1-4H3,(H,28,31). The second-order valence-electron chi connectivity index (χ2n) is 8.10. The third-order valence-electron chi connectivity index (χ3n) is 5.74. The van der Waals surface area contributed by atoms with Crippen LogP contribution in [0, 0.1) is 13.8 Å². The summed E-state index contributed by atoms with van der Waals surface area (Å²) in [6, 6.07) is 20.9. The number of nitrogens with one attached hydrogen (secondary N) is 1. The number of ether oxygens (including phenoxy) is 2. The summed E-state index contributed by atoms with van der Waals surface area (Å²) in [5.41, 5.74) is 4.72. The van der Waals surface area contributed by atoms with Gasteiger partial charge in [0.25, 0.3) is 5.91 Å². The number of hydrogen-bond donors (Lipinski definition) is 1. The first-order valence-electron chi connectivity index (χ1n) is 11.1. The zero-order valence-electron chi connectivity index (χ0n) is 19.5. The number of hydrogen-bond acceptors (Lipinski definition) is 4. The molecule has 0 spiro atoms. The highest BCUT2D eigenvalue weighted by Crippen LogP contribution is 2.24. The number of rotatable bonds is 8. The van der Waals surface area contributed by atoms with E-state index in [-0.39, 0.29) is 11.9 Å². The molecular formula is C27H29N3O3. The molecule has 1 unspecified atom stereocenters. The Balaban J connectivity index is 1.54. The summed E-state index contributed by atoms with van der Waals surface area (Å²) < 4.78 is 13.5. The Morgan fingerprint density at radius 2 is 1.70 bits per heavy atom. The molecule has 1 N–H and O–H groups in total.